The molecule has 500 valence electrons. The molecule has 1 amide bonds. The zero-order valence-corrected chi connectivity index (χ0v) is 58.3. The fraction of sp³-hybridized carbons (Fsp3) is 0.855. The van der Waals surface area contributed by atoms with Crippen LogP contribution in [0.1, 0.15) is 367 Å². The van der Waals surface area contributed by atoms with Crippen molar-refractivity contribution in [2.75, 3.05) is 40.9 Å². The van der Waals surface area contributed by atoms with Crippen LogP contribution in [0.3, 0.4) is 0 Å². The largest absolute Gasteiger partial charge is 0.472 e. The van der Waals surface area contributed by atoms with Crippen molar-refractivity contribution in [2.45, 2.75) is 379 Å². The lowest BCUT2D eigenvalue weighted by Crippen LogP contribution is -2.45. The SMILES string of the molecule is CC/C=C\C/C=C\C/C=C\C/C=C\CCCCCCCCCCCCCCCCCCCCC(=O)NC(COP(=O)(O)OCC[N+](C)(C)C)C(O)/C=C/CCCCCCCCCCCCCCCCCCCCCCCCCCCCCCCC. The number of nitrogens with zero attached hydrogens (tertiary/aromatic N) is 1. The molecule has 0 spiro atoms. The van der Waals surface area contributed by atoms with Gasteiger partial charge in [-0.25, -0.2) is 4.57 Å². The van der Waals surface area contributed by atoms with E-state index in [1.54, 1.807) is 6.08 Å². The van der Waals surface area contributed by atoms with E-state index in [1.165, 1.54) is 283 Å². The number of hydrogen-bond donors (Lipinski definition) is 3. The monoisotopic (exact) mass is 1210 g/mol. The molecule has 0 rings (SSSR count). The number of quaternary nitrogens is 1. The van der Waals surface area contributed by atoms with Gasteiger partial charge in [-0.2, -0.15) is 0 Å². The van der Waals surface area contributed by atoms with E-state index in [0.717, 1.165) is 64.2 Å². The van der Waals surface area contributed by atoms with E-state index < -0.39 is 20.0 Å². The van der Waals surface area contributed by atoms with E-state index in [9.17, 15) is 19.4 Å². The summed E-state index contributed by atoms with van der Waals surface area (Å²) in [5, 5.41) is 14.0. The van der Waals surface area contributed by atoms with Crippen molar-refractivity contribution < 1.29 is 32.9 Å². The first-order chi connectivity index (χ1) is 41.5. The summed E-state index contributed by atoms with van der Waals surface area (Å²) < 4.78 is 23.9. The Balaban J connectivity index is 4.01. The quantitative estimate of drug-likeness (QED) is 0.0243. The van der Waals surface area contributed by atoms with Gasteiger partial charge in [0, 0.05) is 6.42 Å². The number of phosphoric acid groups is 1. The van der Waals surface area contributed by atoms with Gasteiger partial charge in [0.25, 0.3) is 0 Å². The molecule has 3 unspecified atom stereocenters. The molecule has 85 heavy (non-hydrogen) atoms. The molecule has 0 saturated carbocycles. The zero-order valence-electron chi connectivity index (χ0n) is 57.4. The van der Waals surface area contributed by atoms with Gasteiger partial charge >= 0.3 is 7.82 Å². The molecule has 0 saturated heterocycles. The van der Waals surface area contributed by atoms with Gasteiger partial charge in [-0.15, -0.1) is 0 Å². The number of nitrogens with one attached hydrogen (secondary N) is 1. The second-order valence-electron chi connectivity index (χ2n) is 26.6. The summed E-state index contributed by atoms with van der Waals surface area (Å²) in [5.41, 5.74) is 0. The molecule has 0 aromatic carbocycles. The summed E-state index contributed by atoms with van der Waals surface area (Å²) in [4.78, 5) is 23.5. The maximum Gasteiger partial charge on any atom is 0.472 e. The topological polar surface area (TPSA) is 105 Å². The molecule has 0 bridgehead atoms. The van der Waals surface area contributed by atoms with E-state index in [2.05, 4.69) is 67.8 Å². The highest BCUT2D eigenvalue weighted by molar-refractivity contribution is 7.47. The summed E-state index contributed by atoms with van der Waals surface area (Å²) in [6.45, 7) is 4.76. The molecule has 0 fully saturated rings. The maximum atomic E-state index is 13.1. The van der Waals surface area contributed by atoms with E-state index >= 15 is 0 Å². The van der Waals surface area contributed by atoms with Crippen molar-refractivity contribution in [3.05, 3.63) is 60.8 Å². The first-order valence-corrected chi connectivity index (χ1v) is 38.7. The van der Waals surface area contributed by atoms with Crippen molar-refractivity contribution >= 4 is 13.7 Å². The van der Waals surface area contributed by atoms with Crippen molar-refractivity contribution in [3.63, 3.8) is 0 Å². The van der Waals surface area contributed by atoms with Crippen LogP contribution in [-0.2, 0) is 18.4 Å². The summed E-state index contributed by atoms with van der Waals surface area (Å²) >= 11 is 0. The van der Waals surface area contributed by atoms with Gasteiger partial charge in [0.15, 0.2) is 0 Å². The van der Waals surface area contributed by atoms with Gasteiger partial charge in [-0.1, -0.05) is 364 Å². The van der Waals surface area contributed by atoms with E-state index in [0.29, 0.717) is 17.4 Å². The van der Waals surface area contributed by atoms with Gasteiger partial charge in [-0.05, 0) is 57.8 Å². The first-order valence-electron chi connectivity index (χ1n) is 37.2. The second-order valence-corrected chi connectivity index (χ2v) is 28.1. The molecule has 0 aliphatic heterocycles. The minimum Gasteiger partial charge on any atom is -0.387 e. The highest BCUT2D eigenvalue weighted by atomic mass is 31.2. The van der Waals surface area contributed by atoms with Crippen LogP contribution in [0.15, 0.2) is 60.8 Å². The predicted molar refractivity (Wildman–Crippen MR) is 374 cm³/mol. The molecule has 0 radical (unpaired) electrons. The normalized spacial score (nSPS) is 13.9. The van der Waals surface area contributed by atoms with Crippen LogP contribution in [0.25, 0.3) is 0 Å². The average Bonchev–Trinajstić information content (AvgIpc) is 3.49. The van der Waals surface area contributed by atoms with Gasteiger partial charge in [0.2, 0.25) is 5.91 Å². The fourth-order valence-electron chi connectivity index (χ4n) is 11.3. The Morgan fingerprint density at radius 1 is 0.412 bits per heavy atom. The number of allylic oxidation sites excluding steroid dienone is 9. The molecule has 0 heterocycles. The minimum absolute atomic E-state index is 0.0621. The molecule has 0 aromatic rings. The van der Waals surface area contributed by atoms with Crippen LogP contribution in [0.4, 0.5) is 0 Å². The van der Waals surface area contributed by atoms with Crippen LogP contribution in [-0.4, -0.2) is 73.4 Å². The number of phosphoric ester groups is 1. The van der Waals surface area contributed by atoms with Crippen LogP contribution in [0.5, 0.6) is 0 Å². The van der Waals surface area contributed by atoms with Gasteiger partial charge < -0.3 is 19.8 Å². The lowest BCUT2D eigenvalue weighted by atomic mass is 10.0. The predicted octanol–water partition coefficient (Wildman–Crippen LogP) is 23.9. The lowest BCUT2D eigenvalue weighted by molar-refractivity contribution is -0.870. The third kappa shape index (κ3) is 69.5. The third-order valence-electron chi connectivity index (χ3n) is 17.0. The van der Waals surface area contributed by atoms with Gasteiger partial charge in [0.05, 0.1) is 39.9 Å². The molecule has 8 nitrogen and oxygen atoms in total. The van der Waals surface area contributed by atoms with Crippen LogP contribution in [0.2, 0.25) is 0 Å². The molecular formula is C76H146N2O6P+. The number of hydrogen-bond acceptors (Lipinski definition) is 5. The number of rotatable bonds is 69. The van der Waals surface area contributed by atoms with Crippen molar-refractivity contribution in [2.24, 2.45) is 0 Å². The average molecular weight is 1210 g/mol. The van der Waals surface area contributed by atoms with Crippen molar-refractivity contribution in [1.82, 2.24) is 5.32 Å². The second kappa shape index (κ2) is 66.6. The highest BCUT2D eigenvalue weighted by Crippen LogP contribution is 2.43. The minimum atomic E-state index is -4.36. The molecule has 0 aliphatic rings. The molecule has 0 aromatic heterocycles. The number of likely N-dealkylation sites (N-methyl/N-ethyl adjacent to an activating group) is 1. The lowest BCUT2D eigenvalue weighted by Gasteiger charge is -2.25. The van der Waals surface area contributed by atoms with E-state index in [4.69, 9.17) is 9.05 Å². The summed E-state index contributed by atoms with van der Waals surface area (Å²) in [7, 11) is 1.59. The maximum absolute atomic E-state index is 13.1. The number of aliphatic hydroxyl groups excluding tert-OH is 1. The Kier molecular flexibility index (Phi) is 65.2. The molecule has 3 N–H and O–H groups in total. The van der Waals surface area contributed by atoms with Crippen LogP contribution < -0.4 is 5.32 Å². The number of carbonyl (C=O) groups excluding carboxylic acids is 1. The smallest absolute Gasteiger partial charge is 0.387 e. The Hall–Kier alpha value is -1.80. The van der Waals surface area contributed by atoms with Gasteiger partial charge in [-0.3, -0.25) is 13.8 Å². The third-order valence-corrected chi connectivity index (χ3v) is 18.0. The standard InChI is InChI=1S/C76H145N2O6P/c1-6-8-10-12-14-16-18-20-22-24-26-28-30-32-34-36-38-40-41-43-45-47-49-51-53-55-57-59-61-63-65-67-69-75(79)74(73-84-85(81,82)83-72-71-78(3,4)5)77-76(80)70-68-66-64-62-60-58-56-54-52-50-48-46-44-42-39-37-35-33-31-29-27-25-23-21-19-17-15-13-11-9-7-2/h9,11,15,17,21,23,27,29,67,69,74-75,79H,6-8,10,12-14,16,18-20,22,24-26,28,30-66,68,70-73H2,1-5H3,(H-,77,80,81,82)/p+1/b11-9-,17-15-,23-21-,29-27-,69-67+. The molecule has 0 aliphatic carbocycles. The van der Waals surface area contributed by atoms with Gasteiger partial charge in [0.1, 0.15) is 13.2 Å². The van der Waals surface area contributed by atoms with Crippen molar-refractivity contribution in [3.8, 4) is 0 Å². The van der Waals surface area contributed by atoms with E-state index in [-0.39, 0.29) is 19.1 Å². The summed E-state index contributed by atoms with van der Waals surface area (Å²) in [6, 6.07) is -0.849. The Bertz CT molecular complexity index is 1570. The molecule has 3 atom stereocenters. The number of unbranched alkanes of at least 4 members (excludes halogenated alkanes) is 48. The Morgan fingerprint density at radius 3 is 1.04 bits per heavy atom. The summed E-state index contributed by atoms with van der Waals surface area (Å²) in [5.74, 6) is -0.171. The molecule has 9 heteroatoms. The Morgan fingerprint density at radius 2 is 0.706 bits per heavy atom. The summed E-state index contributed by atoms with van der Waals surface area (Å²) in [6.07, 6.45) is 92.5. The zero-order chi connectivity index (χ0) is 61.9. The fourth-order valence-corrected chi connectivity index (χ4v) is 12.0. The number of aliphatic hydroxyl groups is 1. The number of amides is 1. The van der Waals surface area contributed by atoms with Crippen molar-refractivity contribution in [1.29, 1.82) is 0 Å². The van der Waals surface area contributed by atoms with Crippen LogP contribution >= 0.6 is 7.82 Å². The Labute approximate surface area is 530 Å². The number of carbonyl (C=O) groups is 1. The van der Waals surface area contributed by atoms with E-state index in [1.807, 2.05) is 27.2 Å². The highest BCUT2D eigenvalue weighted by Gasteiger charge is 2.28. The first kappa shape index (κ1) is 83.2. The molecular weight excluding hydrogens is 1070 g/mol. The van der Waals surface area contributed by atoms with Crippen LogP contribution in [0, 0.1) is 0 Å².